The van der Waals surface area contributed by atoms with Gasteiger partial charge in [0.15, 0.2) is 0 Å². The number of ether oxygens (including phenoxy) is 2. The van der Waals surface area contributed by atoms with E-state index < -0.39 is 10.2 Å². The standard InChI is InChI=1S/C33H41N5O5S/c1-37-29-15-9-8-14-28(29)35-31(37)23-38(21-22-42-2)44(40,41)36-26-17-19-33(20-18-26,25-11-5-4-6-12-25)24-34-32(39)27-13-7-10-16-30(27)43-3/h4-16,26,36H,17-24H2,1-3H3,(H,34,39). The Labute approximate surface area is 259 Å². The molecule has 1 aliphatic carbocycles. The number of aromatic nitrogens is 2. The molecule has 1 amide bonds. The molecule has 0 spiro atoms. The van der Waals surface area contributed by atoms with Gasteiger partial charge in [-0.1, -0.05) is 54.6 Å². The molecule has 11 heteroatoms. The SMILES string of the molecule is COCCN(Cc1nc2ccccc2n1C)S(=O)(=O)NC1CCC(CNC(=O)c2ccccc2OC)(c2ccccc2)CC1. The second-order valence-corrected chi connectivity index (χ2v) is 13.0. The first-order valence-electron chi connectivity index (χ1n) is 14.9. The summed E-state index contributed by atoms with van der Waals surface area (Å²) in [5, 5.41) is 3.14. The van der Waals surface area contributed by atoms with E-state index in [1.807, 2.05) is 66.2 Å². The van der Waals surface area contributed by atoms with Crippen LogP contribution in [0.25, 0.3) is 11.0 Å². The fourth-order valence-electron chi connectivity index (χ4n) is 6.08. The van der Waals surface area contributed by atoms with Gasteiger partial charge in [0, 0.05) is 38.7 Å². The molecular formula is C33H41N5O5S. The molecular weight excluding hydrogens is 578 g/mol. The highest BCUT2D eigenvalue weighted by Crippen LogP contribution is 2.39. The lowest BCUT2D eigenvalue weighted by molar-refractivity contribution is 0.0932. The number of methoxy groups -OCH3 is 2. The van der Waals surface area contributed by atoms with Crippen molar-refractivity contribution in [2.45, 2.75) is 43.7 Å². The molecule has 0 saturated heterocycles. The Morgan fingerprint density at radius 3 is 2.39 bits per heavy atom. The van der Waals surface area contributed by atoms with Crippen LogP contribution >= 0.6 is 0 Å². The lowest BCUT2D eigenvalue weighted by atomic mass is 9.68. The zero-order chi connectivity index (χ0) is 31.2. The normalized spacial score (nSPS) is 18.9. The first-order valence-corrected chi connectivity index (χ1v) is 16.3. The van der Waals surface area contributed by atoms with E-state index in [-0.39, 0.29) is 37.1 Å². The highest BCUT2D eigenvalue weighted by Gasteiger charge is 2.39. The van der Waals surface area contributed by atoms with Crippen molar-refractivity contribution in [1.29, 1.82) is 0 Å². The number of benzene rings is 3. The summed E-state index contributed by atoms with van der Waals surface area (Å²) >= 11 is 0. The summed E-state index contributed by atoms with van der Waals surface area (Å²) in [6.07, 6.45) is 2.67. The molecule has 0 bridgehead atoms. The third-order valence-corrected chi connectivity index (χ3v) is 10.3. The van der Waals surface area contributed by atoms with Crippen molar-refractivity contribution < 1.29 is 22.7 Å². The van der Waals surface area contributed by atoms with E-state index in [1.54, 1.807) is 26.4 Å². The van der Waals surface area contributed by atoms with Gasteiger partial charge in [0.25, 0.3) is 16.1 Å². The fraction of sp³-hybridized carbons (Fsp3) is 0.394. The molecule has 1 aliphatic rings. The van der Waals surface area contributed by atoms with Gasteiger partial charge in [0.1, 0.15) is 11.6 Å². The average Bonchev–Trinajstić information content (AvgIpc) is 3.37. The lowest BCUT2D eigenvalue weighted by Crippen LogP contribution is -2.50. The summed E-state index contributed by atoms with van der Waals surface area (Å²) in [7, 11) is 1.16. The average molecular weight is 620 g/mol. The minimum Gasteiger partial charge on any atom is -0.496 e. The maximum absolute atomic E-state index is 13.8. The molecule has 4 aromatic rings. The molecule has 2 N–H and O–H groups in total. The van der Waals surface area contributed by atoms with Crippen LogP contribution in [-0.4, -0.2) is 68.1 Å². The fourth-order valence-corrected chi connectivity index (χ4v) is 7.49. The quantitative estimate of drug-likeness (QED) is 0.232. The molecule has 3 aromatic carbocycles. The largest absolute Gasteiger partial charge is 0.496 e. The number of nitrogens with one attached hydrogen (secondary N) is 2. The summed E-state index contributed by atoms with van der Waals surface area (Å²) in [6.45, 7) is 1.02. The topological polar surface area (TPSA) is 115 Å². The summed E-state index contributed by atoms with van der Waals surface area (Å²) < 4.78 is 44.5. The lowest BCUT2D eigenvalue weighted by Gasteiger charge is -2.41. The Balaban J connectivity index is 1.29. The number of imidazole rings is 1. The van der Waals surface area contributed by atoms with E-state index >= 15 is 0 Å². The molecule has 234 valence electrons. The molecule has 0 atom stereocenters. The first-order chi connectivity index (χ1) is 21.3. The molecule has 5 rings (SSSR count). The van der Waals surface area contributed by atoms with Crippen molar-refractivity contribution >= 4 is 27.1 Å². The van der Waals surface area contributed by atoms with Crippen molar-refractivity contribution in [3.63, 3.8) is 0 Å². The Kier molecular flexibility index (Phi) is 10.00. The molecule has 10 nitrogen and oxygen atoms in total. The third-order valence-electron chi connectivity index (χ3n) is 8.67. The molecule has 1 heterocycles. The zero-order valence-electron chi connectivity index (χ0n) is 25.5. The third kappa shape index (κ3) is 6.96. The number of rotatable bonds is 13. The van der Waals surface area contributed by atoms with Gasteiger partial charge in [0.05, 0.1) is 36.9 Å². The van der Waals surface area contributed by atoms with Gasteiger partial charge in [0.2, 0.25) is 0 Å². The monoisotopic (exact) mass is 619 g/mol. The van der Waals surface area contributed by atoms with Crippen LogP contribution in [0.3, 0.4) is 0 Å². The van der Waals surface area contributed by atoms with Crippen molar-refractivity contribution in [1.82, 2.24) is 23.9 Å². The van der Waals surface area contributed by atoms with Crippen LogP contribution in [0, 0.1) is 0 Å². The van der Waals surface area contributed by atoms with Crippen LogP contribution < -0.4 is 14.8 Å². The zero-order valence-corrected chi connectivity index (χ0v) is 26.3. The molecule has 1 fully saturated rings. The Morgan fingerprint density at radius 2 is 1.68 bits per heavy atom. The number of nitrogens with zero attached hydrogens (tertiary/aromatic N) is 3. The number of fused-ring (bicyclic) bond motifs is 1. The molecule has 0 unspecified atom stereocenters. The van der Waals surface area contributed by atoms with Gasteiger partial charge in [-0.15, -0.1) is 0 Å². The number of carbonyl (C=O) groups is 1. The van der Waals surface area contributed by atoms with Crippen LogP contribution in [0.1, 0.15) is 47.4 Å². The van der Waals surface area contributed by atoms with Crippen LogP contribution in [0.5, 0.6) is 5.75 Å². The molecule has 44 heavy (non-hydrogen) atoms. The predicted octanol–water partition coefficient (Wildman–Crippen LogP) is 4.18. The first kappa shape index (κ1) is 31.6. The van der Waals surface area contributed by atoms with Crippen LogP contribution in [0.15, 0.2) is 78.9 Å². The van der Waals surface area contributed by atoms with Crippen LogP contribution in [0.4, 0.5) is 0 Å². The summed E-state index contributed by atoms with van der Waals surface area (Å²) in [4.78, 5) is 17.9. The minimum atomic E-state index is -3.85. The van der Waals surface area contributed by atoms with Crippen LogP contribution in [0.2, 0.25) is 0 Å². The Morgan fingerprint density at radius 1 is 1.00 bits per heavy atom. The number of para-hydroxylation sites is 3. The molecule has 0 radical (unpaired) electrons. The predicted molar refractivity (Wildman–Crippen MR) is 171 cm³/mol. The van der Waals surface area contributed by atoms with Gasteiger partial charge >= 0.3 is 0 Å². The number of hydrogen-bond acceptors (Lipinski definition) is 6. The molecule has 1 aromatic heterocycles. The van der Waals surface area contributed by atoms with Gasteiger partial charge in [-0.3, -0.25) is 4.79 Å². The van der Waals surface area contributed by atoms with Crippen molar-refractivity contribution in [3.8, 4) is 5.75 Å². The number of carbonyl (C=O) groups excluding carboxylic acids is 1. The summed E-state index contributed by atoms with van der Waals surface area (Å²) in [5.74, 6) is 0.982. The smallest absolute Gasteiger partial charge is 0.280 e. The second kappa shape index (κ2) is 13.9. The van der Waals surface area contributed by atoms with Gasteiger partial charge in [-0.25, -0.2) is 4.98 Å². The summed E-state index contributed by atoms with van der Waals surface area (Å²) in [5.41, 5.74) is 3.05. The van der Waals surface area contributed by atoms with E-state index in [0.717, 1.165) is 16.6 Å². The highest BCUT2D eigenvalue weighted by molar-refractivity contribution is 7.87. The number of aryl methyl sites for hydroxylation is 1. The molecule has 0 aliphatic heterocycles. The van der Waals surface area contributed by atoms with E-state index in [1.165, 1.54) is 4.31 Å². The molecule has 1 saturated carbocycles. The van der Waals surface area contributed by atoms with E-state index in [4.69, 9.17) is 9.47 Å². The van der Waals surface area contributed by atoms with Gasteiger partial charge < -0.3 is 19.4 Å². The minimum absolute atomic E-state index is 0.125. The van der Waals surface area contributed by atoms with Crippen molar-refractivity contribution in [3.05, 3.63) is 95.8 Å². The number of amides is 1. The maximum Gasteiger partial charge on any atom is 0.280 e. The van der Waals surface area contributed by atoms with Crippen molar-refractivity contribution in [2.24, 2.45) is 7.05 Å². The van der Waals surface area contributed by atoms with E-state index in [2.05, 4.69) is 27.2 Å². The van der Waals surface area contributed by atoms with Crippen molar-refractivity contribution in [2.75, 3.05) is 33.9 Å². The summed E-state index contributed by atoms with van der Waals surface area (Å²) in [6, 6.07) is 24.8. The van der Waals surface area contributed by atoms with Gasteiger partial charge in [-0.05, 0) is 55.5 Å². The highest BCUT2D eigenvalue weighted by atomic mass is 32.2. The maximum atomic E-state index is 13.8. The number of hydrogen-bond donors (Lipinski definition) is 2. The second-order valence-electron chi connectivity index (χ2n) is 11.3. The Hall–Kier alpha value is -3.77. The van der Waals surface area contributed by atoms with Gasteiger partial charge in [-0.2, -0.15) is 17.4 Å². The van der Waals surface area contributed by atoms with E-state index in [9.17, 15) is 13.2 Å². The van der Waals surface area contributed by atoms with E-state index in [0.29, 0.717) is 49.4 Å². The Bertz CT molecular complexity index is 1670. The van der Waals surface area contributed by atoms with Crippen LogP contribution in [-0.2, 0) is 34.0 Å².